The van der Waals surface area contributed by atoms with Crippen LogP contribution in [0, 0.1) is 11.8 Å². The number of likely N-dealkylation sites (N-methyl/N-ethyl adjacent to an activating group) is 1. The minimum Gasteiger partial charge on any atom is -0.305 e. The van der Waals surface area contributed by atoms with Gasteiger partial charge in [-0.3, -0.25) is 4.99 Å². The number of aromatic nitrogens is 1. The van der Waals surface area contributed by atoms with Crippen molar-refractivity contribution in [1.82, 2.24) is 9.88 Å². The molecule has 126 valence electrons. The van der Waals surface area contributed by atoms with Crippen molar-refractivity contribution in [3.63, 3.8) is 0 Å². The standard InChI is InChI=1S/C20H25N3S/c1-13-3-5-16(21-10-13)15-4-6-18-17(7-15)22-19(24-18)20-8-14(9-20)11-23(2)12-20/h4,6-7,13-14H,3,5,8-12H2,1-2H3/t13-,14?,20?/m0/s1. The normalized spacial score (nSPS) is 33.3. The summed E-state index contributed by atoms with van der Waals surface area (Å²) in [6.07, 6.45) is 5.05. The van der Waals surface area contributed by atoms with Crippen molar-refractivity contribution in [3.05, 3.63) is 28.8 Å². The Balaban J connectivity index is 1.48. The molecular weight excluding hydrogens is 314 g/mol. The lowest BCUT2D eigenvalue weighted by Gasteiger charge is -2.54. The fraction of sp³-hybridized carbons (Fsp3) is 0.600. The highest BCUT2D eigenvalue weighted by Gasteiger charge is 2.51. The summed E-state index contributed by atoms with van der Waals surface area (Å²) in [4.78, 5) is 12.4. The third-order valence-electron chi connectivity index (χ3n) is 6.14. The Labute approximate surface area is 147 Å². The largest absolute Gasteiger partial charge is 0.305 e. The average molecular weight is 340 g/mol. The first-order valence-electron chi connectivity index (χ1n) is 9.25. The zero-order chi connectivity index (χ0) is 16.3. The molecule has 2 bridgehead atoms. The zero-order valence-corrected chi connectivity index (χ0v) is 15.4. The van der Waals surface area contributed by atoms with Crippen molar-refractivity contribution in [2.24, 2.45) is 16.8 Å². The number of nitrogens with zero attached hydrogens (tertiary/aromatic N) is 3. The van der Waals surface area contributed by atoms with Crippen molar-refractivity contribution in [2.45, 2.75) is 38.0 Å². The molecule has 2 saturated heterocycles. The Bertz CT molecular complexity index is 815. The maximum atomic E-state index is 5.09. The van der Waals surface area contributed by atoms with E-state index in [1.807, 2.05) is 11.3 Å². The molecule has 1 atom stereocenters. The van der Waals surface area contributed by atoms with E-state index in [0.29, 0.717) is 5.41 Å². The molecule has 2 aromatic rings. The summed E-state index contributed by atoms with van der Waals surface area (Å²) in [5.41, 5.74) is 4.10. The molecule has 24 heavy (non-hydrogen) atoms. The first-order chi connectivity index (χ1) is 11.6. The number of aliphatic imine (C=N–C) groups is 1. The van der Waals surface area contributed by atoms with Gasteiger partial charge in [-0.25, -0.2) is 4.98 Å². The highest BCUT2D eigenvalue weighted by atomic mass is 32.1. The van der Waals surface area contributed by atoms with E-state index in [2.05, 4.69) is 37.1 Å². The van der Waals surface area contributed by atoms with Crippen molar-refractivity contribution in [3.8, 4) is 0 Å². The smallest absolute Gasteiger partial charge is 0.101 e. The van der Waals surface area contributed by atoms with E-state index in [9.17, 15) is 0 Å². The quantitative estimate of drug-likeness (QED) is 0.824. The second-order valence-corrected chi connectivity index (χ2v) is 9.41. The second-order valence-electron chi connectivity index (χ2n) is 8.38. The lowest BCUT2D eigenvalue weighted by Crippen LogP contribution is -2.57. The molecule has 0 spiro atoms. The van der Waals surface area contributed by atoms with E-state index in [1.165, 1.54) is 58.9 Å². The third kappa shape index (κ3) is 2.34. The second kappa shape index (κ2) is 5.37. The Hall–Kier alpha value is -1.26. The Morgan fingerprint density at radius 1 is 1.29 bits per heavy atom. The topological polar surface area (TPSA) is 28.5 Å². The summed E-state index contributed by atoms with van der Waals surface area (Å²) in [7, 11) is 2.26. The Kier molecular flexibility index (Phi) is 3.36. The Morgan fingerprint density at radius 2 is 2.17 bits per heavy atom. The van der Waals surface area contributed by atoms with Gasteiger partial charge in [-0.2, -0.15) is 0 Å². The van der Waals surface area contributed by atoms with E-state index >= 15 is 0 Å². The molecule has 0 radical (unpaired) electrons. The van der Waals surface area contributed by atoms with Gasteiger partial charge < -0.3 is 4.90 Å². The van der Waals surface area contributed by atoms with Gasteiger partial charge in [0.25, 0.3) is 0 Å². The van der Waals surface area contributed by atoms with Gasteiger partial charge >= 0.3 is 0 Å². The van der Waals surface area contributed by atoms with Gasteiger partial charge in [0.05, 0.1) is 10.2 Å². The molecule has 4 aliphatic rings. The van der Waals surface area contributed by atoms with Crippen LogP contribution in [-0.2, 0) is 5.41 Å². The van der Waals surface area contributed by atoms with E-state index in [0.717, 1.165) is 24.8 Å². The molecule has 1 saturated carbocycles. The average Bonchev–Trinajstić information content (AvgIpc) is 2.97. The SMILES string of the molecule is C[C@H]1CCC(c2ccc3sc(C45CC(CN(C)C4)C5)nc3c2)=NC1. The van der Waals surface area contributed by atoms with Crippen LogP contribution in [-0.4, -0.2) is 42.3 Å². The molecule has 1 aliphatic carbocycles. The van der Waals surface area contributed by atoms with E-state index < -0.39 is 0 Å². The van der Waals surface area contributed by atoms with Gasteiger partial charge in [0.1, 0.15) is 5.01 Å². The maximum Gasteiger partial charge on any atom is 0.101 e. The maximum absolute atomic E-state index is 5.09. The number of rotatable bonds is 2. The summed E-state index contributed by atoms with van der Waals surface area (Å²) in [6, 6.07) is 6.81. The van der Waals surface area contributed by atoms with Crippen LogP contribution in [0.25, 0.3) is 10.2 Å². The summed E-state index contributed by atoms with van der Waals surface area (Å²) in [5, 5.41) is 1.37. The molecule has 0 amide bonds. The summed E-state index contributed by atoms with van der Waals surface area (Å²) in [5.74, 6) is 1.63. The molecule has 3 aliphatic heterocycles. The van der Waals surface area contributed by atoms with Crippen LogP contribution in [0.1, 0.15) is 43.2 Å². The van der Waals surface area contributed by atoms with Gasteiger partial charge in [-0.05, 0) is 62.3 Å². The number of thiazole rings is 1. The first-order valence-corrected chi connectivity index (χ1v) is 10.1. The minimum atomic E-state index is 0.347. The highest BCUT2D eigenvalue weighted by Crippen LogP contribution is 2.53. The number of hydrogen-bond acceptors (Lipinski definition) is 4. The third-order valence-corrected chi connectivity index (χ3v) is 7.43. The first kappa shape index (κ1) is 15.0. The molecule has 3 nitrogen and oxygen atoms in total. The number of benzene rings is 1. The monoisotopic (exact) mass is 339 g/mol. The number of fused-ring (bicyclic) bond motifs is 3. The number of hydrogen-bond donors (Lipinski definition) is 0. The summed E-state index contributed by atoms with van der Waals surface area (Å²) < 4.78 is 1.34. The van der Waals surface area contributed by atoms with E-state index in [-0.39, 0.29) is 0 Å². The van der Waals surface area contributed by atoms with Gasteiger partial charge in [0, 0.05) is 30.8 Å². The predicted octanol–water partition coefficient (Wildman–Crippen LogP) is 4.11. The molecule has 3 fully saturated rings. The fourth-order valence-corrected chi connectivity index (χ4v) is 6.10. The van der Waals surface area contributed by atoms with Crippen LogP contribution < -0.4 is 0 Å². The van der Waals surface area contributed by atoms with E-state index in [1.54, 1.807) is 0 Å². The van der Waals surface area contributed by atoms with Crippen molar-refractivity contribution in [1.29, 1.82) is 0 Å². The summed E-state index contributed by atoms with van der Waals surface area (Å²) >= 11 is 1.92. The Morgan fingerprint density at radius 3 is 2.92 bits per heavy atom. The lowest BCUT2D eigenvalue weighted by molar-refractivity contribution is 0.0104. The summed E-state index contributed by atoms with van der Waals surface area (Å²) in [6.45, 7) is 5.73. The van der Waals surface area contributed by atoms with E-state index in [4.69, 9.17) is 9.98 Å². The van der Waals surface area contributed by atoms with Gasteiger partial charge in [0.15, 0.2) is 0 Å². The lowest BCUT2D eigenvalue weighted by atomic mass is 9.59. The van der Waals surface area contributed by atoms with Crippen LogP contribution in [0.15, 0.2) is 23.2 Å². The molecular formula is C20H25N3S. The van der Waals surface area contributed by atoms with Gasteiger partial charge in [0.2, 0.25) is 0 Å². The fourth-order valence-electron chi connectivity index (χ4n) is 4.96. The van der Waals surface area contributed by atoms with Crippen molar-refractivity contribution < 1.29 is 0 Å². The predicted molar refractivity (Wildman–Crippen MR) is 101 cm³/mol. The molecule has 1 aromatic heterocycles. The van der Waals surface area contributed by atoms with Crippen LogP contribution in [0.5, 0.6) is 0 Å². The van der Waals surface area contributed by atoms with Gasteiger partial charge in [-0.15, -0.1) is 11.3 Å². The minimum absolute atomic E-state index is 0.347. The van der Waals surface area contributed by atoms with Gasteiger partial charge in [-0.1, -0.05) is 13.0 Å². The van der Waals surface area contributed by atoms with Crippen molar-refractivity contribution >= 4 is 27.3 Å². The molecule has 6 rings (SSSR count). The van der Waals surface area contributed by atoms with Crippen LogP contribution >= 0.6 is 11.3 Å². The molecule has 0 unspecified atom stereocenters. The number of piperidine rings is 2. The van der Waals surface area contributed by atoms with Crippen LogP contribution in [0.4, 0.5) is 0 Å². The molecule has 4 heterocycles. The van der Waals surface area contributed by atoms with Crippen LogP contribution in [0.2, 0.25) is 0 Å². The van der Waals surface area contributed by atoms with Crippen LogP contribution in [0.3, 0.4) is 0 Å². The molecule has 1 aromatic carbocycles. The highest BCUT2D eigenvalue weighted by molar-refractivity contribution is 7.18. The zero-order valence-electron chi connectivity index (χ0n) is 14.6. The molecule has 4 heteroatoms. The molecule has 0 N–H and O–H groups in total. The van der Waals surface area contributed by atoms with Crippen molar-refractivity contribution in [2.75, 3.05) is 26.7 Å².